The van der Waals surface area contributed by atoms with Crippen LogP contribution in [0, 0.1) is 34.0 Å². The van der Waals surface area contributed by atoms with Crippen molar-refractivity contribution in [3.8, 4) is 17.2 Å². The Labute approximate surface area is 252 Å². The van der Waals surface area contributed by atoms with Crippen LogP contribution >= 0.6 is 0 Å². The Balaban J connectivity index is 1.46. The quantitative estimate of drug-likeness (QED) is 0.379. The van der Waals surface area contributed by atoms with Gasteiger partial charge in [-0.3, -0.25) is 0 Å². The minimum Gasteiger partial charge on any atom is -0.502 e. The highest BCUT2D eigenvalue weighted by molar-refractivity contribution is 5.91. The molecule has 7 heteroatoms. The number of hydrogen-bond donors (Lipinski definition) is 2. The van der Waals surface area contributed by atoms with Crippen molar-refractivity contribution in [2.45, 2.75) is 91.3 Å². The second kappa shape index (κ2) is 10.9. The van der Waals surface area contributed by atoms with E-state index in [-0.39, 0.29) is 57.1 Å². The van der Waals surface area contributed by atoms with Crippen molar-refractivity contribution >= 4 is 5.97 Å². The third kappa shape index (κ3) is 4.66. The van der Waals surface area contributed by atoms with Gasteiger partial charge in [-0.1, -0.05) is 45.4 Å². The summed E-state index contributed by atoms with van der Waals surface area (Å²) in [5, 5.41) is 10.4. The molecule has 5 rings (SSSR count). The first-order valence-corrected chi connectivity index (χ1v) is 15.7. The molecule has 0 radical (unpaired) electrons. The van der Waals surface area contributed by atoms with Crippen LogP contribution in [0.2, 0.25) is 0 Å². The molecule has 1 aromatic rings. The fraction of sp³-hybridized carbons (Fsp3) is 0.686. The molecule has 1 unspecified atom stereocenters. The summed E-state index contributed by atoms with van der Waals surface area (Å²) >= 11 is 0. The van der Waals surface area contributed by atoms with Gasteiger partial charge in [0.05, 0.1) is 19.8 Å². The minimum atomic E-state index is -0.452. The van der Waals surface area contributed by atoms with Crippen LogP contribution in [-0.2, 0) is 4.74 Å². The molecule has 4 aliphatic carbocycles. The maximum atomic E-state index is 13.6. The fourth-order valence-electron chi connectivity index (χ4n) is 9.97. The third-order valence-electron chi connectivity index (χ3n) is 12.2. The van der Waals surface area contributed by atoms with Crippen LogP contribution in [0.15, 0.2) is 35.4 Å². The average molecular weight is 581 g/mol. The second-order valence-electron chi connectivity index (χ2n) is 14.7. The van der Waals surface area contributed by atoms with Crippen LogP contribution in [-0.4, -0.2) is 62.5 Å². The topological polar surface area (TPSA) is 94.2 Å². The Morgan fingerprint density at radius 2 is 1.64 bits per heavy atom. The lowest BCUT2D eigenvalue weighted by Crippen LogP contribution is -2.50. The molecule has 2 saturated carbocycles. The van der Waals surface area contributed by atoms with E-state index in [4.69, 9.17) is 19.9 Å². The number of ether oxygens (including phenoxy) is 3. The summed E-state index contributed by atoms with van der Waals surface area (Å²) in [4.78, 5) is 16.0. The summed E-state index contributed by atoms with van der Waals surface area (Å²) in [7, 11) is 7.35. The molecule has 3 N–H and O–H groups in total. The first-order valence-electron chi connectivity index (χ1n) is 15.7. The zero-order chi connectivity index (χ0) is 30.8. The van der Waals surface area contributed by atoms with Gasteiger partial charge in [-0.2, -0.15) is 0 Å². The van der Waals surface area contributed by atoms with Gasteiger partial charge in [-0.15, -0.1) is 0 Å². The fourth-order valence-corrected chi connectivity index (χ4v) is 9.97. The molecule has 8 atom stereocenters. The highest BCUT2D eigenvalue weighted by Gasteiger charge is 2.65. The maximum absolute atomic E-state index is 13.6. The lowest BCUT2D eigenvalue weighted by atomic mass is 9.51. The first-order chi connectivity index (χ1) is 19.7. The standard InChI is InChI=1S/C35H52N2O5/c1-20(36)30-28(42-32(39)23-17-26(40-8)31(38)27(18-23)41-9)19-35(5)25-12-11-24-21(16-22(25)14-15-34(30,35)4)10-13-29(37(6)7)33(24,2)3/h14,16-18,20,24-25,28-30,38H,10-13,15,19,36H2,1-9H3/t20-,24?,25+,28+,29-,30-,34+,35-/m0/s1. The Morgan fingerprint density at radius 3 is 2.21 bits per heavy atom. The second-order valence-corrected chi connectivity index (χ2v) is 14.7. The van der Waals surface area contributed by atoms with Crippen molar-refractivity contribution in [3.63, 3.8) is 0 Å². The molecule has 0 aliphatic heterocycles. The molecule has 42 heavy (non-hydrogen) atoms. The van der Waals surface area contributed by atoms with E-state index in [0.29, 0.717) is 17.9 Å². The molecule has 0 aromatic heterocycles. The number of rotatable bonds is 6. The van der Waals surface area contributed by atoms with Crippen LogP contribution in [0.4, 0.5) is 0 Å². The number of hydrogen-bond acceptors (Lipinski definition) is 7. The number of fused-ring (bicyclic) bond motifs is 4. The zero-order valence-electron chi connectivity index (χ0n) is 27.1. The Bertz CT molecular complexity index is 1260. The number of allylic oxidation sites excluding steroid dienone is 4. The largest absolute Gasteiger partial charge is 0.502 e. The van der Waals surface area contributed by atoms with Gasteiger partial charge in [0.2, 0.25) is 5.75 Å². The monoisotopic (exact) mass is 580 g/mol. The van der Waals surface area contributed by atoms with E-state index in [9.17, 15) is 9.90 Å². The van der Waals surface area contributed by atoms with Gasteiger partial charge in [0.1, 0.15) is 6.10 Å². The van der Waals surface area contributed by atoms with E-state index in [1.807, 2.05) is 0 Å². The summed E-state index contributed by atoms with van der Waals surface area (Å²) < 4.78 is 16.9. The average Bonchev–Trinajstić information content (AvgIpc) is 3.02. The molecule has 0 spiro atoms. The molecule has 1 aromatic carbocycles. The smallest absolute Gasteiger partial charge is 0.338 e. The van der Waals surface area contributed by atoms with Gasteiger partial charge in [0, 0.05) is 18.0 Å². The van der Waals surface area contributed by atoms with Crippen LogP contribution in [0.5, 0.6) is 17.2 Å². The summed E-state index contributed by atoms with van der Waals surface area (Å²) in [5.74, 6) is 0.722. The van der Waals surface area contributed by atoms with Crippen molar-refractivity contribution in [1.29, 1.82) is 0 Å². The number of nitrogens with zero attached hydrogens (tertiary/aromatic N) is 1. The number of benzene rings is 1. The van der Waals surface area contributed by atoms with Gasteiger partial charge < -0.3 is 30.0 Å². The molecular formula is C35H52N2O5. The van der Waals surface area contributed by atoms with Gasteiger partial charge in [0.15, 0.2) is 11.5 Å². The van der Waals surface area contributed by atoms with Gasteiger partial charge in [-0.05, 0) is 105 Å². The SMILES string of the molecule is COc1cc(C(=O)O[C@@H]2C[C@@]3(C)[C@@H]4CCC5C(=CC4=CC[C@]3(C)[C@H]2[C@H](C)N)CC[C@H](N(C)C)C5(C)C)cc(OC)c1O. The number of methoxy groups -OCH3 is 2. The summed E-state index contributed by atoms with van der Waals surface area (Å²) in [5.41, 5.74) is 10.2. The van der Waals surface area contributed by atoms with E-state index in [1.54, 1.807) is 5.57 Å². The van der Waals surface area contributed by atoms with Crippen LogP contribution in [0.1, 0.15) is 83.5 Å². The normalized spacial score (nSPS) is 36.0. The van der Waals surface area contributed by atoms with Crippen molar-refractivity contribution in [2.75, 3.05) is 28.3 Å². The highest BCUT2D eigenvalue weighted by Crippen LogP contribution is 2.68. The lowest BCUT2D eigenvalue weighted by Gasteiger charge is -2.53. The van der Waals surface area contributed by atoms with E-state index in [0.717, 1.165) is 25.7 Å². The van der Waals surface area contributed by atoms with E-state index in [2.05, 4.69) is 65.8 Å². The van der Waals surface area contributed by atoms with Gasteiger partial charge >= 0.3 is 5.97 Å². The Kier molecular flexibility index (Phi) is 8.02. The predicted molar refractivity (Wildman–Crippen MR) is 166 cm³/mol. The number of carbonyl (C=O) groups excluding carboxylic acids is 1. The molecule has 0 saturated heterocycles. The van der Waals surface area contributed by atoms with Crippen molar-refractivity contribution in [1.82, 2.24) is 4.90 Å². The number of phenols is 1. The molecule has 7 nitrogen and oxygen atoms in total. The molecule has 0 amide bonds. The Morgan fingerprint density at radius 1 is 1.02 bits per heavy atom. The van der Waals surface area contributed by atoms with E-state index >= 15 is 0 Å². The molecule has 0 bridgehead atoms. The zero-order valence-corrected chi connectivity index (χ0v) is 27.1. The molecule has 232 valence electrons. The van der Waals surface area contributed by atoms with Crippen LogP contribution < -0.4 is 15.2 Å². The minimum absolute atomic E-state index is 0.0119. The molecular weight excluding hydrogens is 528 g/mol. The lowest BCUT2D eigenvalue weighted by molar-refractivity contribution is -0.0108. The summed E-state index contributed by atoms with van der Waals surface area (Å²) in [6, 6.07) is 3.45. The van der Waals surface area contributed by atoms with E-state index < -0.39 is 5.97 Å². The Hall–Kier alpha value is -2.51. The predicted octanol–water partition coefficient (Wildman–Crippen LogP) is 6.35. The number of phenolic OH excluding ortho intramolecular Hbond substituents is 1. The first kappa shape index (κ1) is 30.9. The highest BCUT2D eigenvalue weighted by atomic mass is 16.5. The van der Waals surface area contributed by atoms with Crippen LogP contribution in [0.25, 0.3) is 0 Å². The van der Waals surface area contributed by atoms with Crippen molar-refractivity contribution in [3.05, 3.63) is 41.0 Å². The maximum Gasteiger partial charge on any atom is 0.338 e. The van der Waals surface area contributed by atoms with Gasteiger partial charge in [0.25, 0.3) is 0 Å². The summed E-state index contributed by atoms with van der Waals surface area (Å²) in [6.07, 6.45) is 11.1. The molecule has 0 heterocycles. The molecule has 2 fully saturated rings. The number of esters is 1. The number of nitrogens with two attached hydrogens (primary N) is 1. The summed E-state index contributed by atoms with van der Waals surface area (Å²) in [6.45, 7) is 11.8. The number of carbonyl (C=O) groups is 1. The van der Waals surface area contributed by atoms with Crippen molar-refractivity contribution in [2.24, 2.45) is 39.7 Å². The third-order valence-corrected chi connectivity index (χ3v) is 12.2. The van der Waals surface area contributed by atoms with E-state index in [1.165, 1.54) is 44.8 Å². The van der Waals surface area contributed by atoms with Crippen molar-refractivity contribution < 1.29 is 24.1 Å². The van der Waals surface area contributed by atoms with Crippen LogP contribution in [0.3, 0.4) is 0 Å². The van der Waals surface area contributed by atoms with Gasteiger partial charge in [-0.25, -0.2) is 4.79 Å². The molecule has 4 aliphatic rings. The number of aromatic hydroxyl groups is 1.